The zero-order valence-electron chi connectivity index (χ0n) is 9.56. The predicted octanol–water partition coefficient (Wildman–Crippen LogP) is -0.197. The van der Waals surface area contributed by atoms with Crippen molar-refractivity contribution < 1.29 is 10.2 Å². The second kappa shape index (κ2) is 5.96. The van der Waals surface area contributed by atoms with Gasteiger partial charge in [-0.1, -0.05) is 30.3 Å². The average molecular weight is 224 g/mol. The molecule has 0 amide bonds. The van der Waals surface area contributed by atoms with Gasteiger partial charge in [-0.05, 0) is 25.6 Å². The Labute approximate surface area is 96.1 Å². The van der Waals surface area contributed by atoms with Gasteiger partial charge >= 0.3 is 0 Å². The smallest absolute Gasteiger partial charge is 0.128 e. The Balaban J connectivity index is 2.96. The second-order valence-corrected chi connectivity index (χ2v) is 3.91. The fourth-order valence-electron chi connectivity index (χ4n) is 1.81. The summed E-state index contributed by atoms with van der Waals surface area (Å²) in [6.07, 6.45) is -0.500. The van der Waals surface area contributed by atoms with E-state index in [4.69, 9.17) is 5.73 Å². The third kappa shape index (κ3) is 2.80. The molecule has 0 aromatic heterocycles. The quantitative estimate of drug-likeness (QED) is 0.540. The number of rotatable bonds is 6. The lowest BCUT2D eigenvalue weighted by Gasteiger charge is -2.33. The molecule has 4 heteroatoms. The molecule has 90 valence electrons. The highest BCUT2D eigenvalue weighted by atomic mass is 16.3. The van der Waals surface area contributed by atoms with E-state index in [0.717, 1.165) is 0 Å². The van der Waals surface area contributed by atoms with Crippen LogP contribution in [0.15, 0.2) is 30.3 Å². The Morgan fingerprint density at radius 2 is 2.00 bits per heavy atom. The summed E-state index contributed by atoms with van der Waals surface area (Å²) in [7, 11) is 1.74. The van der Waals surface area contributed by atoms with Gasteiger partial charge in [0.1, 0.15) is 5.60 Å². The van der Waals surface area contributed by atoms with Crippen molar-refractivity contribution in [1.29, 1.82) is 0 Å². The molecule has 0 aliphatic carbocycles. The van der Waals surface area contributed by atoms with Crippen LogP contribution in [0.4, 0.5) is 0 Å². The maximum Gasteiger partial charge on any atom is 0.128 e. The number of aliphatic hydroxyl groups excluding tert-OH is 1. The van der Waals surface area contributed by atoms with Crippen LogP contribution in [0.1, 0.15) is 12.0 Å². The molecule has 0 aliphatic rings. The van der Waals surface area contributed by atoms with Crippen LogP contribution in [0.25, 0.3) is 0 Å². The summed E-state index contributed by atoms with van der Waals surface area (Å²) in [5.74, 6) is 0. The monoisotopic (exact) mass is 224 g/mol. The van der Waals surface area contributed by atoms with Gasteiger partial charge in [-0.3, -0.25) is 0 Å². The first kappa shape index (κ1) is 13.1. The first-order valence-corrected chi connectivity index (χ1v) is 5.45. The third-order valence-corrected chi connectivity index (χ3v) is 2.71. The third-order valence-electron chi connectivity index (χ3n) is 2.71. The number of hydrogen-bond acceptors (Lipinski definition) is 4. The largest absolute Gasteiger partial charge is 0.390 e. The van der Waals surface area contributed by atoms with E-state index in [1.165, 1.54) is 0 Å². The second-order valence-electron chi connectivity index (χ2n) is 3.91. The molecule has 5 N–H and O–H groups in total. The molecule has 0 heterocycles. The predicted molar refractivity (Wildman–Crippen MR) is 63.9 cm³/mol. The Bertz CT molecular complexity index is 305. The minimum Gasteiger partial charge on any atom is -0.390 e. The van der Waals surface area contributed by atoms with Gasteiger partial charge in [0, 0.05) is 6.54 Å². The molecule has 0 aliphatic heterocycles. The van der Waals surface area contributed by atoms with Crippen LogP contribution < -0.4 is 11.1 Å². The summed E-state index contributed by atoms with van der Waals surface area (Å²) in [5, 5.41) is 23.4. The van der Waals surface area contributed by atoms with E-state index < -0.39 is 11.7 Å². The molecule has 16 heavy (non-hydrogen) atoms. The minimum atomic E-state index is -1.28. The highest BCUT2D eigenvalue weighted by Gasteiger charge is 2.36. The summed E-state index contributed by atoms with van der Waals surface area (Å²) in [6, 6.07) is 9.16. The molecule has 0 radical (unpaired) electrons. The highest BCUT2D eigenvalue weighted by Crippen LogP contribution is 2.25. The Kier molecular flexibility index (Phi) is 4.89. The van der Waals surface area contributed by atoms with Gasteiger partial charge in [0.2, 0.25) is 0 Å². The highest BCUT2D eigenvalue weighted by molar-refractivity contribution is 5.24. The maximum absolute atomic E-state index is 10.5. The maximum atomic E-state index is 10.5. The molecule has 0 fully saturated rings. The summed E-state index contributed by atoms with van der Waals surface area (Å²) >= 11 is 0. The number of nitrogens with two attached hydrogens (primary N) is 1. The average Bonchev–Trinajstić information content (AvgIpc) is 2.30. The lowest BCUT2D eigenvalue weighted by molar-refractivity contribution is -0.0799. The molecule has 1 aromatic rings. The zero-order valence-corrected chi connectivity index (χ0v) is 9.56. The summed E-state index contributed by atoms with van der Waals surface area (Å²) < 4.78 is 0. The number of benzene rings is 1. The van der Waals surface area contributed by atoms with Gasteiger partial charge in [-0.25, -0.2) is 0 Å². The normalized spacial score (nSPS) is 16.8. The van der Waals surface area contributed by atoms with E-state index in [2.05, 4.69) is 5.32 Å². The van der Waals surface area contributed by atoms with Gasteiger partial charge in [-0.15, -0.1) is 0 Å². The molecule has 1 aromatic carbocycles. The lowest BCUT2D eigenvalue weighted by atomic mass is 9.86. The van der Waals surface area contributed by atoms with Crippen LogP contribution in [0.5, 0.6) is 0 Å². The topological polar surface area (TPSA) is 78.5 Å². The van der Waals surface area contributed by atoms with Crippen LogP contribution in [0.3, 0.4) is 0 Å². The minimum absolute atomic E-state index is 0.290. The van der Waals surface area contributed by atoms with Gasteiger partial charge in [-0.2, -0.15) is 0 Å². The summed E-state index contributed by atoms with van der Waals surface area (Å²) in [5.41, 5.74) is 4.83. The molecule has 1 rings (SSSR count). The van der Waals surface area contributed by atoms with Crippen molar-refractivity contribution in [3.8, 4) is 0 Å². The fraction of sp³-hybridized carbons (Fsp3) is 0.500. The Hall–Kier alpha value is -0.940. The van der Waals surface area contributed by atoms with Gasteiger partial charge < -0.3 is 21.3 Å². The van der Waals surface area contributed by atoms with E-state index in [1.54, 1.807) is 19.2 Å². The fourth-order valence-corrected chi connectivity index (χ4v) is 1.81. The van der Waals surface area contributed by atoms with Gasteiger partial charge in [0.15, 0.2) is 0 Å². The zero-order chi connectivity index (χ0) is 12.0. The van der Waals surface area contributed by atoms with E-state index >= 15 is 0 Å². The molecular formula is C12H20N2O2. The lowest BCUT2D eigenvalue weighted by Crippen LogP contribution is -2.47. The van der Waals surface area contributed by atoms with E-state index in [0.29, 0.717) is 18.5 Å². The Morgan fingerprint density at radius 1 is 1.38 bits per heavy atom. The van der Waals surface area contributed by atoms with Crippen molar-refractivity contribution in [2.24, 2.45) is 5.73 Å². The molecule has 4 nitrogen and oxygen atoms in total. The van der Waals surface area contributed by atoms with Crippen molar-refractivity contribution in [2.45, 2.75) is 18.1 Å². The number of aliphatic hydroxyl groups is 2. The van der Waals surface area contributed by atoms with Gasteiger partial charge in [0.05, 0.1) is 6.10 Å². The molecule has 0 spiro atoms. The molecule has 0 saturated carbocycles. The summed E-state index contributed by atoms with van der Waals surface area (Å²) in [4.78, 5) is 0. The molecule has 0 saturated heterocycles. The molecular weight excluding hydrogens is 204 g/mol. The van der Waals surface area contributed by atoms with Crippen molar-refractivity contribution >= 4 is 0 Å². The summed E-state index contributed by atoms with van der Waals surface area (Å²) in [6.45, 7) is 0.637. The standard InChI is InChI=1S/C12H20N2O2/c1-14-9-12(16,11(15)7-8-13)10-5-3-2-4-6-10/h2-6,11,14-16H,7-9,13H2,1H3. The van der Waals surface area contributed by atoms with E-state index in [9.17, 15) is 10.2 Å². The van der Waals surface area contributed by atoms with E-state index in [1.807, 2.05) is 18.2 Å². The van der Waals surface area contributed by atoms with Crippen molar-refractivity contribution in [2.75, 3.05) is 20.1 Å². The van der Waals surface area contributed by atoms with Crippen molar-refractivity contribution in [1.82, 2.24) is 5.32 Å². The molecule has 2 atom stereocenters. The molecule has 2 unspecified atom stereocenters. The SMILES string of the molecule is CNCC(O)(c1ccccc1)C(O)CCN. The van der Waals surface area contributed by atoms with Crippen LogP contribution in [-0.2, 0) is 5.60 Å². The van der Waals surface area contributed by atoms with Crippen molar-refractivity contribution in [3.63, 3.8) is 0 Å². The van der Waals surface area contributed by atoms with Crippen LogP contribution in [0, 0.1) is 0 Å². The number of likely N-dealkylation sites (N-methyl/N-ethyl adjacent to an activating group) is 1. The molecule has 0 bridgehead atoms. The Morgan fingerprint density at radius 3 is 2.50 bits per heavy atom. The first-order valence-electron chi connectivity index (χ1n) is 5.45. The number of nitrogens with one attached hydrogen (secondary N) is 1. The van der Waals surface area contributed by atoms with Crippen LogP contribution >= 0.6 is 0 Å². The van der Waals surface area contributed by atoms with Crippen LogP contribution in [-0.4, -0.2) is 36.5 Å². The van der Waals surface area contributed by atoms with Crippen LogP contribution in [0.2, 0.25) is 0 Å². The first-order chi connectivity index (χ1) is 7.65. The number of hydrogen-bond donors (Lipinski definition) is 4. The van der Waals surface area contributed by atoms with Crippen molar-refractivity contribution in [3.05, 3.63) is 35.9 Å². The van der Waals surface area contributed by atoms with Gasteiger partial charge in [0.25, 0.3) is 0 Å². The van der Waals surface area contributed by atoms with E-state index in [-0.39, 0.29) is 6.54 Å².